The highest BCUT2D eigenvalue weighted by Gasteiger charge is 2.23. The van der Waals surface area contributed by atoms with Crippen LogP contribution < -0.4 is 16.2 Å². The molecule has 1 amide bonds. The number of nitrogens with one attached hydrogen (secondary N) is 3. The number of hydrogen-bond donors (Lipinski definition) is 3. The van der Waals surface area contributed by atoms with E-state index in [4.69, 9.17) is 22.0 Å². The molecule has 8 nitrogen and oxygen atoms in total. The van der Waals surface area contributed by atoms with E-state index in [9.17, 15) is 9.59 Å². The number of carbonyl (C=O) groups excluding carboxylic acids is 1. The predicted octanol–water partition coefficient (Wildman–Crippen LogP) is 5.69. The van der Waals surface area contributed by atoms with Crippen LogP contribution in [0.25, 0.3) is 28.1 Å². The Kier molecular flexibility index (Phi) is 8.40. The quantitative estimate of drug-likeness (QED) is 0.269. The number of amides is 1. The van der Waals surface area contributed by atoms with Gasteiger partial charge in [-0.15, -0.1) is 0 Å². The minimum atomic E-state index is -0.395. The zero-order chi connectivity index (χ0) is 28.9. The van der Waals surface area contributed by atoms with Gasteiger partial charge in [0.05, 0.1) is 35.2 Å². The molecule has 2 atom stereocenters. The molecular weight excluding hydrogens is 536 g/mol. The Morgan fingerprint density at radius 3 is 2.54 bits per heavy atom. The Morgan fingerprint density at radius 1 is 1.00 bits per heavy atom. The van der Waals surface area contributed by atoms with Crippen molar-refractivity contribution in [1.82, 2.24) is 25.2 Å². The molecule has 2 aromatic heterocycles. The summed E-state index contributed by atoms with van der Waals surface area (Å²) in [5.41, 5.74) is 5.44. The summed E-state index contributed by atoms with van der Waals surface area (Å²) in [5.74, 6) is -0.424. The summed E-state index contributed by atoms with van der Waals surface area (Å²) >= 11 is 6.37. The Morgan fingerprint density at radius 2 is 1.80 bits per heavy atom. The van der Waals surface area contributed by atoms with Crippen LogP contribution >= 0.6 is 11.6 Å². The third kappa shape index (κ3) is 5.98. The zero-order valence-corrected chi connectivity index (χ0v) is 23.7. The molecule has 2 bridgehead atoms. The van der Waals surface area contributed by atoms with Crippen molar-refractivity contribution < 1.29 is 4.79 Å². The molecule has 3 heterocycles. The Labute approximate surface area is 243 Å². The van der Waals surface area contributed by atoms with Gasteiger partial charge in [0.15, 0.2) is 0 Å². The number of nitrogens with zero attached hydrogens (tertiary/aromatic N) is 3. The van der Waals surface area contributed by atoms with Crippen molar-refractivity contribution in [2.24, 2.45) is 5.92 Å². The Hall–Kier alpha value is -4.56. The summed E-state index contributed by atoms with van der Waals surface area (Å²) in [4.78, 5) is 35.9. The first kappa shape index (κ1) is 28.0. The topological polar surface area (TPSA) is 113 Å². The van der Waals surface area contributed by atoms with Gasteiger partial charge < -0.3 is 16.0 Å². The summed E-state index contributed by atoms with van der Waals surface area (Å²) in [6.07, 6.45) is 6.29. The molecule has 0 saturated heterocycles. The zero-order valence-electron chi connectivity index (χ0n) is 22.9. The second-order valence-electron chi connectivity index (χ2n) is 10.1. The molecule has 0 fully saturated rings. The lowest BCUT2D eigenvalue weighted by Crippen LogP contribution is -2.32. The van der Waals surface area contributed by atoms with Gasteiger partial charge in [-0.05, 0) is 48.2 Å². The van der Waals surface area contributed by atoms with Gasteiger partial charge in [0, 0.05) is 47.6 Å². The van der Waals surface area contributed by atoms with Gasteiger partial charge in [-0.3, -0.25) is 19.1 Å². The van der Waals surface area contributed by atoms with Crippen molar-refractivity contribution in [2.75, 3.05) is 7.05 Å². The largest absolute Gasteiger partial charge is 0.386 e. The molecule has 9 heteroatoms. The smallest absolute Gasteiger partial charge is 0.254 e. The van der Waals surface area contributed by atoms with E-state index in [1.54, 1.807) is 30.2 Å². The minimum absolute atomic E-state index is 0.151. The van der Waals surface area contributed by atoms with Gasteiger partial charge in [0.2, 0.25) is 5.91 Å². The number of hydrogen-bond acceptors (Lipinski definition) is 6. The van der Waals surface area contributed by atoms with Crippen LogP contribution in [0, 0.1) is 11.3 Å². The van der Waals surface area contributed by atoms with Crippen LogP contribution in [-0.2, 0) is 4.79 Å². The maximum atomic E-state index is 13.7. The third-order valence-corrected chi connectivity index (χ3v) is 7.64. The second kappa shape index (κ2) is 12.3. The van der Waals surface area contributed by atoms with Crippen LogP contribution in [0.5, 0.6) is 0 Å². The van der Waals surface area contributed by atoms with Gasteiger partial charge in [-0.1, -0.05) is 61.3 Å². The number of allylic oxidation sites excluding steroid dienone is 1. The lowest BCUT2D eigenvalue weighted by molar-refractivity contribution is -0.123. The summed E-state index contributed by atoms with van der Waals surface area (Å²) < 4.78 is 1.61. The molecule has 41 heavy (non-hydrogen) atoms. The fourth-order valence-electron chi connectivity index (χ4n) is 5.21. The normalized spacial score (nSPS) is 19.4. The first-order valence-electron chi connectivity index (χ1n) is 13.5. The number of halogens is 1. The number of fused-ring (bicyclic) bond motifs is 2. The van der Waals surface area contributed by atoms with Crippen molar-refractivity contribution in [3.8, 4) is 22.4 Å². The molecule has 1 aliphatic heterocycles. The number of pyridine rings is 1. The molecule has 0 aliphatic carbocycles. The van der Waals surface area contributed by atoms with E-state index in [1.807, 2.05) is 67.6 Å². The number of rotatable bonds is 5. The second-order valence-corrected chi connectivity index (χ2v) is 10.5. The van der Waals surface area contributed by atoms with E-state index in [0.29, 0.717) is 47.1 Å². The van der Waals surface area contributed by atoms with Crippen molar-refractivity contribution in [3.05, 3.63) is 112 Å². The van der Waals surface area contributed by atoms with Crippen molar-refractivity contribution in [3.63, 3.8) is 0 Å². The van der Waals surface area contributed by atoms with Crippen LogP contribution in [-0.4, -0.2) is 33.7 Å². The van der Waals surface area contributed by atoms with Crippen LogP contribution in [0.4, 0.5) is 0 Å². The maximum absolute atomic E-state index is 13.7. The van der Waals surface area contributed by atoms with E-state index in [1.165, 1.54) is 0 Å². The van der Waals surface area contributed by atoms with Gasteiger partial charge in [0.25, 0.3) is 5.56 Å². The maximum Gasteiger partial charge on any atom is 0.254 e. The number of aromatic nitrogens is 3. The van der Waals surface area contributed by atoms with Crippen LogP contribution in [0.3, 0.4) is 0 Å². The molecule has 0 radical (unpaired) electrons. The number of carbonyl (C=O) groups is 1. The van der Waals surface area contributed by atoms with E-state index in [0.717, 1.165) is 28.5 Å². The van der Waals surface area contributed by atoms with E-state index in [2.05, 4.69) is 15.6 Å². The molecule has 3 N–H and O–H groups in total. The van der Waals surface area contributed by atoms with E-state index >= 15 is 0 Å². The predicted molar refractivity (Wildman–Crippen MR) is 163 cm³/mol. The van der Waals surface area contributed by atoms with Gasteiger partial charge >= 0.3 is 0 Å². The molecule has 0 saturated carbocycles. The van der Waals surface area contributed by atoms with Crippen molar-refractivity contribution >= 4 is 29.4 Å². The van der Waals surface area contributed by atoms with Gasteiger partial charge in [-0.2, -0.15) is 0 Å². The first-order chi connectivity index (χ1) is 19.9. The highest BCUT2D eigenvalue weighted by Crippen LogP contribution is 2.33. The van der Waals surface area contributed by atoms with E-state index in [-0.39, 0.29) is 17.4 Å². The molecule has 208 valence electrons. The molecular formula is C32H31ClN6O2. The van der Waals surface area contributed by atoms with Gasteiger partial charge in [0.1, 0.15) is 0 Å². The SMILES string of the molecule is CN/C1=C(\C=N)NC(=O)C(C)CCCC(n2cnc(-c3cc(Cl)ccc3-c3ccccc3)cc2=O)c2cc1ccn2. The third-order valence-electron chi connectivity index (χ3n) is 7.41. The van der Waals surface area contributed by atoms with E-state index < -0.39 is 6.04 Å². The number of benzene rings is 2. The van der Waals surface area contributed by atoms with Crippen molar-refractivity contribution in [2.45, 2.75) is 32.2 Å². The highest BCUT2D eigenvalue weighted by molar-refractivity contribution is 6.31. The highest BCUT2D eigenvalue weighted by atomic mass is 35.5. The summed E-state index contributed by atoms with van der Waals surface area (Å²) in [7, 11) is 1.74. The molecule has 2 unspecified atom stereocenters. The fourth-order valence-corrected chi connectivity index (χ4v) is 5.39. The van der Waals surface area contributed by atoms with Crippen molar-refractivity contribution in [1.29, 1.82) is 5.41 Å². The fraction of sp³-hybridized carbons (Fsp3) is 0.219. The molecule has 4 aromatic rings. The summed E-state index contributed by atoms with van der Waals surface area (Å²) in [5, 5.41) is 14.5. The first-order valence-corrected chi connectivity index (χ1v) is 13.9. The summed E-state index contributed by atoms with van der Waals surface area (Å²) in [6, 6.07) is 20.4. The average molecular weight is 567 g/mol. The Balaban J connectivity index is 1.60. The van der Waals surface area contributed by atoms with Crippen LogP contribution in [0.1, 0.15) is 43.5 Å². The molecule has 5 rings (SSSR count). The lowest BCUT2D eigenvalue weighted by atomic mass is 9.96. The molecule has 0 spiro atoms. The lowest BCUT2D eigenvalue weighted by Gasteiger charge is -2.23. The minimum Gasteiger partial charge on any atom is -0.386 e. The molecule has 2 aromatic carbocycles. The monoisotopic (exact) mass is 566 g/mol. The Bertz CT molecular complexity index is 1680. The summed E-state index contributed by atoms with van der Waals surface area (Å²) in [6.45, 7) is 1.87. The average Bonchev–Trinajstić information content (AvgIpc) is 2.99. The van der Waals surface area contributed by atoms with Crippen LogP contribution in [0.15, 0.2) is 89.7 Å². The van der Waals surface area contributed by atoms with Gasteiger partial charge in [-0.25, -0.2) is 4.98 Å². The van der Waals surface area contributed by atoms with Crippen LogP contribution in [0.2, 0.25) is 5.02 Å². The standard InChI is InChI=1S/C32H31ClN6O2/c1-20-7-6-10-29(27-15-22(13-14-36-27)31(35-2)28(18-34)38-32(20)41)39-19-37-26(17-30(39)40)25-16-23(33)11-12-24(25)21-8-4-3-5-9-21/h3-5,8-9,11-20,29,34-35H,6-7,10H2,1-2H3,(H,38,41)/b31-28+,34-18?. The molecule has 1 aliphatic rings.